The van der Waals surface area contributed by atoms with E-state index in [9.17, 15) is 4.79 Å². The molecule has 0 aliphatic carbocycles. The normalized spacial score (nSPS) is 11.5. The predicted octanol–water partition coefficient (Wildman–Crippen LogP) is 2.79. The van der Waals surface area contributed by atoms with E-state index in [-0.39, 0.29) is 0 Å². The number of carboxylic acid groups (broad SMARTS) is 1. The summed E-state index contributed by atoms with van der Waals surface area (Å²) in [6.45, 7) is 6.16. The van der Waals surface area contributed by atoms with Crippen LogP contribution in [-0.2, 0) is 11.2 Å². The van der Waals surface area contributed by atoms with Gasteiger partial charge in [-0.1, -0.05) is 19.1 Å². The van der Waals surface area contributed by atoms with Crippen LogP contribution in [0.5, 0.6) is 0 Å². The molecule has 1 aromatic carbocycles. The number of carboxylic acids is 1. The third-order valence-electron chi connectivity index (χ3n) is 2.75. The zero-order valence-electron chi connectivity index (χ0n) is 11.2. The summed E-state index contributed by atoms with van der Waals surface area (Å²) in [5.41, 5.74) is 0.363. The number of nitrogens with one attached hydrogen (secondary N) is 1. The molecule has 0 spiro atoms. The molecule has 0 aliphatic heterocycles. The molecule has 0 heterocycles. The first-order valence-corrected chi connectivity index (χ1v) is 7.14. The third kappa shape index (κ3) is 4.70. The summed E-state index contributed by atoms with van der Waals surface area (Å²) in [5, 5.41) is 12.0. The highest BCUT2D eigenvalue weighted by molar-refractivity contribution is 7.99. The Morgan fingerprint density at radius 2 is 1.94 bits per heavy atom. The summed E-state index contributed by atoms with van der Waals surface area (Å²) in [5.74, 6) is 0.255. The van der Waals surface area contributed by atoms with Gasteiger partial charge in [0.25, 0.3) is 0 Å². The predicted molar refractivity (Wildman–Crippen MR) is 76.3 cm³/mol. The molecule has 0 aromatic heterocycles. The molecular weight excluding hydrogens is 246 g/mol. The Kier molecular flexibility index (Phi) is 5.69. The zero-order chi connectivity index (χ0) is 13.6. The number of aliphatic carboxylic acids is 1. The van der Waals surface area contributed by atoms with Crippen molar-refractivity contribution in [2.45, 2.75) is 37.6 Å². The van der Waals surface area contributed by atoms with Gasteiger partial charge in [0.15, 0.2) is 0 Å². The quantitative estimate of drug-likeness (QED) is 0.746. The van der Waals surface area contributed by atoms with Crippen molar-refractivity contribution in [2.75, 3.05) is 12.3 Å². The van der Waals surface area contributed by atoms with E-state index in [2.05, 4.69) is 36.5 Å². The highest BCUT2D eigenvalue weighted by Gasteiger charge is 2.25. The topological polar surface area (TPSA) is 49.3 Å². The molecule has 2 N–H and O–H groups in total. The van der Waals surface area contributed by atoms with Gasteiger partial charge in [-0.3, -0.25) is 4.79 Å². The average Bonchev–Trinajstić information content (AvgIpc) is 2.31. The molecule has 1 rings (SSSR count). The van der Waals surface area contributed by atoms with Crippen LogP contribution in [-0.4, -0.2) is 28.9 Å². The zero-order valence-corrected chi connectivity index (χ0v) is 12.0. The van der Waals surface area contributed by atoms with E-state index in [4.69, 9.17) is 5.11 Å². The molecule has 0 saturated carbocycles. The molecular formula is C14H21NO2S. The molecule has 0 bridgehead atoms. The Morgan fingerprint density at radius 1 is 1.33 bits per heavy atom. The van der Waals surface area contributed by atoms with Crippen LogP contribution in [0.25, 0.3) is 0 Å². The van der Waals surface area contributed by atoms with E-state index in [1.54, 1.807) is 13.8 Å². The van der Waals surface area contributed by atoms with E-state index >= 15 is 0 Å². The molecule has 4 heteroatoms. The Labute approximate surface area is 113 Å². The van der Waals surface area contributed by atoms with Crippen molar-refractivity contribution in [3.05, 3.63) is 29.8 Å². The largest absolute Gasteiger partial charge is 0.480 e. The summed E-state index contributed by atoms with van der Waals surface area (Å²) in [6, 6.07) is 8.44. The second-order valence-corrected chi connectivity index (χ2v) is 6.02. The minimum Gasteiger partial charge on any atom is -0.480 e. The van der Waals surface area contributed by atoms with Gasteiger partial charge in [-0.05, 0) is 43.7 Å². The van der Waals surface area contributed by atoms with Crippen molar-refractivity contribution in [3.8, 4) is 0 Å². The lowest BCUT2D eigenvalue weighted by atomic mass is 10.1. The molecule has 0 fully saturated rings. The second-order valence-electron chi connectivity index (χ2n) is 4.68. The fraction of sp³-hybridized carbons (Fsp3) is 0.500. The van der Waals surface area contributed by atoms with Gasteiger partial charge >= 0.3 is 5.97 Å². The Hall–Kier alpha value is -1.00. The molecule has 1 aromatic rings. The number of hydrogen-bond donors (Lipinski definition) is 2. The number of carbonyl (C=O) groups is 1. The molecule has 18 heavy (non-hydrogen) atoms. The standard InChI is InChI=1S/C14H21NO2S/c1-4-18-12-7-5-11(6-8-12)9-10-15-14(2,3)13(16)17/h5-8,15H,4,9-10H2,1-3H3,(H,16,17). The monoisotopic (exact) mass is 267 g/mol. The van der Waals surface area contributed by atoms with Crippen LogP contribution >= 0.6 is 11.8 Å². The first-order chi connectivity index (χ1) is 8.45. The van der Waals surface area contributed by atoms with Crippen LogP contribution in [0.2, 0.25) is 0 Å². The van der Waals surface area contributed by atoms with Crippen LogP contribution in [0.4, 0.5) is 0 Å². The van der Waals surface area contributed by atoms with E-state index in [0.717, 1.165) is 12.2 Å². The van der Waals surface area contributed by atoms with Gasteiger partial charge in [0.05, 0.1) is 0 Å². The van der Waals surface area contributed by atoms with Crippen molar-refractivity contribution < 1.29 is 9.90 Å². The van der Waals surface area contributed by atoms with Crippen molar-refractivity contribution in [2.24, 2.45) is 0 Å². The fourth-order valence-corrected chi connectivity index (χ4v) is 2.18. The van der Waals surface area contributed by atoms with E-state index in [0.29, 0.717) is 6.54 Å². The molecule has 0 atom stereocenters. The van der Waals surface area contributed by atoms with Gasteiger partial charge in [-0.15, -0.1) is 11.8 Å². The first-order valence-electron chi connectivity index (χ1n) is 6.16. The Morgan fingerprint density at radius 3 is 2.44 bits per heavy atom. The summed E-state index contributed by atoms with van der Waals surface area (Å²) in [4.78, 5) is 12.2. The minimum atomic E-state index is -0.863. The highest BCUT2D eigenvalue weighted by Crippen LogP contribution is 2.17. The molecule has 0 saturated heterocycles. The smallest absolute Gasteiger partial charge is 0.323 e. The van der Waals surface area contributed by atoms with Gasteiger partial charge < -0.3 is 10.4 Å². The van der Waals surface area contributed by atoms with Crippen LogP contribution < -0.4 is 5.32 Å². The van der Waals surface area contributed by atoms with Gasteiger partial charge in [-0.25, -0.2) is 0 Å². The molecule has 0 radical (unpaired) electrons. The van der Waals surface area contributed by atoms with Gasteiger partial charge in [0, 0.05) is 11.4 Å². The fourth-order valence-electron chi connectivity index (χ4n) is 1.51. The first kappa shape index (κ1) is 15.1. The molecule has 3 nitrogen and oxygen atoms in total. The number of thioether (sulfide) groups is 1. The maximum Gasteiger partial charge on any atom is 0.323 e. The lowest BCUT2D eigenvalue weighted by molar-refractivity contribution is -0.143. The highest BCUT2D eigenvalue weighted by atomic mass is 32.2. The molecule has 0 unspecified atom stereocenters. The Balaban J connectivity index is 2.42. The lowest BCUT2D eigenvalue weighted by Crippen LogP contribution is -2.47. The van der Waals surface area contributed by atoms with E-state index < -0.39 is 11.5 Å². The Bertz CT molecular complexity index is 387. The van der Waals surface area contributed by atoms with Crippen molar-refractivity contribution in [1.29, 1.82) is 0 Å². The maximum atomic E-state index is 10.9. The van der Waals surface area contributed by atoms with Crippen LogP contribution in [0.3, 0.4) is 0 Å². The van der Waals surface area contributed by atoms with E-state index in [1.165, 1.54) is 10.5 Å². The van der Waals surface area contributed by atoms with Crippen LogP contribution in [0.15, 0.2) is 29.2 Å². The number of hydrogen-bond acceptors (Lipinski definition) is 3. The van der Waals surface area contributed by atoms with E-state index in [1.807, 2.05) is 11.8 Å². The van der Waals surface area contributed by atoms with Gasteiger partial charge in [-0.2, -0.15) is 0 Å². The van der Waals surface area contributed by atoms with Crippen LogP contribution in [0, 0.1) is 0 Å². The van der Waals surface area contributed by atoms with Crippen molar-refractivity contribution >= 4 is 17.7 Å². The summed E-state index contributed by atoms with van der Waals surface area (Å²) < 4.78 is 0. The lowest BCUT2D eigenvalue weighted by Gasteiger charge is -2.20. The molecule has 0 amide bonds. The van der Waals surface area contributed by atoms with Crippen LogP contribution in [0.1, 0.15) is 26.3 Å². The average molecular weight is 267 g/mol. The molecule has 0 aliphatic rings. The van der Waals surface area contributed by atoms with Crippen molar-refractivity contribution in [1.82, 2.24) is 5.32 Å². The maximum absolute atomic E-state index is 10.9. The second kappa shape index (κ2) is 6.81. The summed E-state index contributed by atoms with van der Waals surface area (Å²) in [7, 11) is 0. The SMILES string of the molecule is CCSc1ccc(CCNC(C)(C)C(=O)O)cc1. The summed E-state index contributed by atoms with van der Waals surface area (Å²) in [6.07, 6.45) is 0.841. The number of rotatable bonds is 7. The van der Waals surface area contributed by atoms with Gasteiger partial charge in [0.1, 0.15) is 5.54 Å². The molecule has 100 valence electrons. The summed E-state index contributed by atoms with van der Waals surface area (Å²) >= 11 is 1.82. The van der Waals surface area contributed by atoms with Crippen molar-refractivity contribution in [3.63, 3.8) is 0 Å². The number of benzene rings is 1. The third-order valence-corrected chi connectivity index (χ3v) is 3.64. The minimum absolute atomic E-state index is 0.666. The van der Waals surface area contributed by atoms with Gasteiger partial charge in [0.2, 0.25) is 0 Å².